The smallest absolute Gasteiger partial charge is 0.327 e. The third-order valence-electron chi connectivity index (χ3n) is 5.41. The highest BCUT2D eigenvalue weighted by molar-refractivity contribution is 7.39. The van der Waals surface area contributed by atoms with Crippen LogP contribution in [0.2, 0.25) is 0 Å². The van der Waals surface area contributed by atoms with Crippen LogP contribution in [0.3, 0.4) is 0 Å². The Labute approximate surface area is 201 Å². The molecule has 0 radical (unpaired) electrons. The first-order valence-corrected chi connectivity index (χ1v) is 15.5. The summed E-state index contributed by atoms with van der Waals surface area (Å²) >= 11 is 0. The molecule has 0 aromatic carbocycles. The van der Waals surface area contributed by atoms with Gasteiger partial charge in [0, 0.05) is 0 Å². The summed E-state index contributed by atoms with van der Waals surface area (Å²) in [6, 6.07) is 0. The Kier molecular flexibility index (Phi) is 34.4. The number of rotatable bonds is 24. The van der Waals surface area contributed by atoms with Gasteiger partial charge in [0.15, 0.2) is 0 Å². The predicted molar refractivity (Wildman–Crippen MR) is 138 cm³/mol. The largest absolute Gasteiger partial charge is 0.328 e. The second-order valence-electron chi connectivity index (χ2n) is 8.54. The molecule has 0 spiro atoms. The van der Waals surface area contributed by atoms with Gasteiger partial charge in [0.05, 0.1) is 13.2 Å². The van der Waals surface area contributed by atoms with Crippen LogP contribution >= 0.6 is 17.2 Å². The molecule has 0 aliphatic rings. The van der Waals surface area contributed by atoms with E-state index in [0.717, 1.165) is 25.7 Å². The Morgan fingerprint density at radius 3 is 0.812 bits per heavy atom. The van der Waals surface area contributed by atoms with Crippen molar-refractivity contribution in [2.24, 2.45) is 0 Å². The highest BCUT2D eigenvalue weighted by Crippen LogP contribution is 2.25. The van der Waals surface area contributed by atoms with E-state index in [4.69, 9.17) is 19.6 Å². The highest BCUT2D eigenvalue weighted by Gasteiger charge is 1.99. The summed E-state index contributed by atoms with van der Waals surface area (Å²) in [5.41, 5.74) is 0. The molecule has 4 N–H and O–H groups in total. The molecule has 0 aliphatic heterocycles. The third-order valence-corrected chi connectivity index (χ3v) is 6.24. The van der Waals surface area contributed by atoms with Gasteiger partial charge in [0.25, 0.3) is 0 Å². The number of hydrogen-bond donors (Lipinski definition) is 4. The maximum absolute atomic E-state index is 8.49. The molecule has 0 aromatic rings. The average Bonchev–Trinajstić information content (AvgIpc) is 2.76. The second-order valence-corrected chi connectivity index (χ2v) is 10.1. The van der Waals surface area contributed by atoms with Crippen LogP contribution in [0, 0.1) is 0 Å². The molecule has 0 saturated carbocycles. The summed E-state index contributed by atoms with van der Waals surface area (Å²) in [6.07, 6.45) is 25.6. The fraction of sp³-hybridized carbons (Fsp3) is 1.00. The fourth-order valence-corrected chi connectivity index (χ4v) is 4.06. The normalized spacial score (nSPS) is 11.2. The molecule has 0 rings (SSSR count). The monoisotopic (exact) mass is 500 g/mol. The average molecular weight is 501 g/mol. The molecule has 0 aliphatic carbocycles. The lowest BCUT2D eigenvalue weighted by Crippen LogP contribution is -1.89. The first-order valence-electron chi connectivity index (χ1n) is 13.2. The highest BCUT2D eigenvalue weighted by atomic mass is 31.2. The summed E-state index contributed by atoms with van der Waals surface area (Å²) in [4.78, 5) is 34.0. The summed E-state index contributed by atoms with van der Waals surface area (Å²) in [5.74, 6) is 0. The van der Waals surface area contributed by atoms with Crippen molar-refractivity contribution in [2.45, 2.75) is 142 Å². The van der Waals surface area contributed by atoms with Crippen LogP contribution in [0.1, 0.15) is 142 Å². The van der Waals surface area contributed by atoms with E-state index in [1.54, 1.807) is 0 Å². The Hall–Kier alpha value is 0.620. The van der Waals surface area contributed by atoms with Crippen molar-refractivity contribution in [3.05, 3.63) is 0 Å². The summed E-state index contributed by atoms with van der Waals surface area (Å²) in [7, 11) is -4.27. The van der Waals surface area contributed by atoms with Crippen LogP contribution in [-0.4, -0.2) is 32.8 Å². The van der Waals surface area contributed by atoms with E-state index in [9.17, 15) is 0 Å². The van der Waals surface area contributed by atoms with E-state index in [2.05, 4.69) is 22.9 Å². The van der Waals surface area contributed by atoms with E-state index in [0.29, 0.717) is 13.2 Å². The van der Waals surface area contributed by atoms with Crippen molar-refractivity contribution in [1.29, 1.82) is 0 Å². The lowest BCUT2D eigenvalue weighted by molar-refractivity contribution is 0.247. The Morgan fingerprint density at radius 2 is 0.594 bits per heavy atom. The van der Waals surface area contributed by atoms with Gasteiger partial charge in [-0.3, -0.25) is 0 Å². The molecule has 0 bridgehead atoms. The van der Waals surface area contributed by atoms with Crippen LogP contribution in [0.4, 0.5) is 0 Å². The molecule has 8 heteroatoms. The van der Waals surface area contributed by atoms with Crippen molar-refractivity contribution in [1.82, 2.24) is 0 Å². The zero-order chi connectivity index (χ0) is 24.1. The van der Waals surface area contributed by atoms with Gasteiger partial charge in [-0.15, -0.1) is 0 Å². The molecule has 6 nitrogen and oxygen atoms in total. The van der Waals surface area contributed by atoms with Crippen molar-refractivity contribution >= 4 is 17.2 Å². The SMILES string of the molecule is CCCCCCCCCCCCOP(O)O.CCCCCCCCCCCCOP(O)O. The Bertz CT molecular complexity index is 293. The third kappa shape index (κ3) is 37.9. The van der Waals surface area contributed by atoms with Crippen molar-refractivity contribution < 1.29 is 28.6 Å². The van der Waals surface area contributed by atoms with Crippen LogP contribution in [0.25, 0.3) is 0 Å². The van der Waals surface area contributed by atoms with Gasteiger partial charge >= 0.3 is 17.2 Å². The van der Waals surface area contributed by atoms with Gasteiger partial charge in [0.1, 0.15) is 0 Å². The molecule has 0 unspecified atom stereocenters. The quantitative estimate of drug-likeness (QED) is 0.0786. The second kappa shape index (κ2) is 31.6. The van der Waals surface area contributed by atoms with Crippen LogP contribution < -0.4 is 0 Å². The van der Waals surface area contributed by atoms with Gasteiger partial charge in [-0.2, -0.15) is 0 Å². The molecule has 0 saturated heterocycles. The van der Waals surface area contributed by atoms with E-state index in [-0.39, 0.29) is 0 Å². The zero-order valence-electron chi connectivity index (χ0n) is 21.1. The zero-order valence-corrected chi connectivity index (χ0v) is 22.8. The Morgan fingerprint density at radius 1 is 0.375 bits per heavy atom. The molecular weight excluding hydrogens is 446 g/mol. The summed E-state index contributed by atoms with van der Waals surface area (Å²) in [5, 5.41) is 0. The van der Waals surface area contributed by atoms with Crippen LogP contribution in [-0.2, 0) is 9.05 Å². The van der Waals surface area contributed by atoms with Crippen molar-refractivity contribution in [3.63, 3.8) is 0 Å². The maximum Gasteiger partial charge on any atom is 0.327 e. The molecule has 32 heavy (non-hydrogen) atoms. The lowest BCUT2D eigenvalue weighted by atomic mass is 10.1. The fourth-order valence-electron chi connectivity index (χ4n) is 3.47. The summed E-state index contributed by atoms with van der Waals surface area (Å²) in [6.45, 7) is 5.45. The van der Waals surface area contributed by atoms with E-state index in [1.807, 2.05) is 0 Å². The summed E-state index contributed by atoms with van der Waals surface area (Å²) < 4.78 is 9.38. The molecule has 0 atom stereocenters. The number of unbranched alkanes of at least 4 members (excludes halogenated alkanes) is 18. The molecule has 0 aromatic heterocycles. The first-order chi connectivity index (χ1) is 15.5. The standard InChI is InChI=1S/2C12H27O3P/c2*1-2-3-4-5-6-7-8-9-10-11-12-15-16(13)14/h2*13-14H,2-12H2,1H3. The first kappa shape index (κ1) is 34.8. The van der Waals surface area contributed by atoms with Crippen LogP contribution in [0.5, 0.6) is 0 Å². The molecule has 0 amide bonds. The maximum atomic E-state index is 8.49. The van der Waals surface area contributed by atoms with Crippen LogP contribution in [0.15, 0.2) is 0 Å². The minimum Gasteiger partial charge on any atom is -0.328 e. The van der Waals surface area contributed by atoms with Crippen molar-refractivity contribution in [3.8, 4) is 0 Å². The minimum absolute atomic E-state index is 0.481. The van der Waals surface area contributed by atoms with Gasteiger partial charge in [-0.1, -0.05) is 129 Å². The Balaban J connectivity index is 0. The van der Waals surface area contributed by atoms with E-state index < -0.39 is 17.2 Å². The molecule has 196 valence electrons. The number of hydrogen-bond acceptors (Lipinski definition) is 6. The van der Waals surface area contributed by atoms with Crippen molar-refractivity contribution in [2.75, 3.05) is 13.2 Å². The molecule has 0 fully saturated rings. The molecule has 0 heterocycles. The van der Waals surface area contributed by atoms with Gasteiger partial charge in [0.2, 0.25) is 0 Å². The lowest BCUT2D eigenvalue weighted by Gasteiger charge is -2.04. The molecular formula is C24H54O6P2. The van der Waals surface area contributed by atoms with Gasteiger partial charge < -0.3 is 28.6 Å². The van der Waals surface area contributed by atoms with Gasteiger partial charge in [-0.05, 0) is 12.8 Å². The predicted octanol–water partition coefficient (Wildman–Crippen LogP) is 8.27. The van der Waals surface area contributed by atoms with E-state index in [1.165, 1.54) is 103 Å². The van der Waals surface area contributed by atoms with E-state index >= 15 is 0 Å². The van der Waals surface area contributed by atoms with Gasteiger partial charge in [-0.25, -0.2) is 0 Å². The minimum atomic E-state index is -2.14. The topological polar surface area (TPSA) is 99.4 Å².